The highest BCUT2D eigenvalue weighted by Crippen LogP contribution is 2.25. The van der Waals surface area contributed by atoms with Gasteiger partial charge in [0, 0.05) is 17.1 Å². The molecule has 0 fully saturated rings. The molecule has 0 atom stereocenters. The van der Waals surface area contributed by atoms with Gasteiger partial charge in [0.05, 0.1) is 5.56 Å². The van der Waals surface area contributed by atoms with Gasteiger partial charge in [-0.15, -0.1) is 11.3 Å². The molecule has 1 aromatic heterocycles. The van der Waals surface area contributed by atoms with Crippen LogP contribution in [0.3, 0.4) is 0 Å². The maximum absolute atomic E-state index is 11.7. The Labute approximate surface area is 101 Å². The number of carbonyl (C=O) groups excluding carboxylic acids is 2. The van der Waals surface area contributed by atoms with Crippen molar-refractivity contribution in [3.05, 3.63) is 41.4 Å². The number of primary amides is 1. The monoisotopic (exact) mass is 247 g/mol. The molecule has 0 aliphatic rings. The van der Waals surface area contributed by atoms with Gasteiger partial charge in [-0.25, -0.2) is 9.78 Å². The van der Waals surface area contributed by atoms with Gasteiger partial charge in [0.2, 0.25) is 0 Å². The van der Waals surface area contributed by atoms with Crippen LogP contribution in [0, 0.1) is 0 Å². The number of nitrogens with two attached hydrogens (primary N) is 1. The summed E-state index contributed by atoms with van der Waals surface area (Å²) < 4.78 is 0. The topological polar surface area (TPSA) is 85.1 Å². The van der Waals surface area contributed by atoms with Crippen LogP contribution in [0.1, 0.15) is 10.4 Å². The fraction of sp³-hybridized carbons (Fsp3) is 0. The van der Waals surface area contributed by atoms with Gasteiger partial charge in [-0.3, -0.25) is 10.1 Å². The summed E-state index contributed by atoms with van der Waals surface area (Å²) >= 11 is 1.42. The number of carbonyl (C=O) groups is 2. The third-order valence-electron chi connectivity index (χ3n) is 2.07. The lowest BCUT2D eigenvalue weighted by atomic mass is 10.1. The summed E-state index contributed by atoms with van der Waals surface area (Å²) in [5.41, 5.74) is 5.97. The third-order valence-corrected chi connectivity index (χ3v) is 2.88. The van der Waals surface area contributed by atoms with E-state index in [9.17, 15) is 9.59 Å². The SMILES string of the molecule is NC(=O)NC(=O)c1ccccc1-c1nccs1. The van der Waals surface area contributed by atoms with E-state index >= 15 is 0 Å². The summed E-state index contributed by atoms with van der Waals surface area (Å²) in [5, 5.41) is 4.58. The van der Waals surface area contributed by atoms with E-state index in [1.54, 1.807) is 30.5 Å². The molecule has 0 bridgehead atoms. The van der Waals surface area contributed by atoms with E-state index in [1.807, 2.05) is 10.7 Å². The molecule has 86 valence electrons. The first-order valence-corrected chi connectivity index (χ1v) is 5.66. The highest BCUT2D eigenvalue weighted by molar-refractivity contribution is 7.13. The van der Waals surface area contributed by atoms with Gasteiger partial charge in [0.25, 0.3) is 5.91 Å². The van der Waals surface area contributed by atoms with Gasteiger partial charge in [0.15, 0.2) is 0 Å². The van der Waals surface area contributed by atoms with Gasteiger partial charge in [-0.2, -0.15) is 0 Å². The average Bonchev–Trinajstić information content (AvgIpc) is 2.81. The molecular weight excluding hydrogens is 238 g/mol. The molecule has 0 spiro atoms. The molecule has 6 heteroatoms. The van der Waals surface area contributed by atoms with E-state index in [-0.39, 0.29) is 0 Å². The van der Waals surface area contributed by atoms with Crippen LogP contribution in [0.4, 0.5) is 4.79 Å². The predicted molar refractivity (Wildman–Crippen MR) is 64.6 cm³/mol. The van der Waals surface area contributed by atoms with Crippen LogP contribution in [0.2, 0.25) is 0 Å². The van der Waals surface area contributed by atoms with Gasteiger partial charge in [-0.05, 0) is 6.07 Å². The van der Waals surface area contributed by atoms with E-state index in [0.29, 0.717) is 11.1 Å². The number of benzene rings is 1. The normalized spacial score (nSPS) is 9.88. The third kappa shape index (κ3) is 2.48. The first-order chi connectivity index (χ1) is 8.18. The van der Waals surface area contributed by atoms with Crippen molar-refractivity contribution in [3.8, 4) is 10.6 Å². The second kappa shape index (κ2) is 4.75. The number of amides is 3. The zero-order valence-corrected chi connectivity index (χ0v) is 9.53. The van der Waals surface area contributed by atoms with Crippen LogP contribution in [0.15, 0.2) is 35.8 Å². The molecule has 17 heavy (non-hydrogen) atoms. The zero-order chi connectivity index (χ0) is 12.3. The van der Waals surface area contributed by atoms with Crippen LogP contribution in [0.25, 0.3) is 10.6 Å². The first-order valence-electron chi connectivity index (χ1n) is 4.78. The minimum absolute atomic E-state index is 0.376. The lowest BCUT2D eigenvalue weighted by Crippen LogP contribution is -2.35. The summed E-state index contributed by atoms with van der Waals surface area (Å²) in [7, 11) is 0. The fourth-order valence-electron chi connectivity index (χ4n) is 1.40. The predicted octanol–water partition coefficient (Wildman–Crippen LogP) is 1.62. The van der Waals surface area contributed by atoms with Crippen LogP contribution < -0.4 is 11.1 Å². The summed E-state index contributed by atoms with van der Waals surface area (Å²) in [6, 6.07) is 6.04. The zero-order valence-electron chi connectivity index (χ0n) is 8.71. The van der Waals surface area contributed by atoms with Crippen LogP contribution in [0.5, 0.6) is 0 Å². The smallest absolute Gasteiger partial charge is 0.319 e. The Bertz CT molecular complexity index is 552. The molecule has 2 rings (SSSR count). The van der Waals surface area contributed by atoms with E-state index in [0.717, 1.165) is 5.01 Å². The molecule has 0 unspecified atom stereocenters. The Hall–Kier alpha value is -2.21. The minimum Gasteiger partial charge on any atom is -0.351 e. The number of thiazole rings is 1. The van der Waals surface area contributed by atoms with Gasteiger partial charge in [-0.1, -0.05) is 18.2 Å². The lowest BCUT2D eigenvalue weighted by molar-refractivity contribution is 0.0967. The number of rotatable bonds is 2. The molecule has 3 N–H and O–H groups in total. The second-order valence-corrected chi connectivity index (χ2v) is 4.10. The Kier molecular flexibility index (Phi) is 3.15. The Morgan fingerprint density at radius 1 is 1.29 bits per heavy atom. The first kappa shape index (κ1) is 11.3. The standard InChI is InChI=1S/C11H9N3O2S/c12-11(16)14-9(15)7-3-1-2-4-8(7)10-13-5-6-17-10/h1-6H,(H3,12,14,15,16). The van der Waals surface area contributed by atoms with Crippen molar-refractivity contribution in [2.45, 2.75) is 0 Å². The molecule has 5 nitrogen and oxygen atoms in total. The van der Waals surface area contributed by atoms with E-state index < -0.39 is 11.9 Å². The molecule has 3 amide bonds. The summed E-state index contributed by atoms with van der Waals surface area (Å²) in [5.74, 6) is -0.525. The largest absolute Gasteiger partial charge is 0.351 e. The second-order valence-electron chi connectivity index (χ2n) is 3.20. The van der Waals surface area contributed by atoms with E-state index in [1.165, 1.54) is 11.3 Å². The molecular formula is C11H9N3O2S. The number of hydrogen-bond acceptors (Lipinski definition) is 4. The lowest BCUT2D eigenvalue weighted by Gasteiger charge is -2.05. The van der Waals surface area contributed by atoms with Gasteiger partial charge in [0.1, 0.15) is 5.01 Å². The van der Waals surface area contributed by atoms with Crippen LogP contribution in [-0.2, 0) is 0 Å². The highest BCUT2D eigenvalue weighted by Gasteiger charge is 2.14. The Morgan fingerprint density at radius 2 is 2.06 bits per heavy atom. The number of nitrogens with one attached hydrogen (secondary N) is 1. The molecule has 1 aromatic carbocycles. The van der Waals surface area contributed by atoms with Crippen molar-refractivity contribution in [3.63, 3.8) is 0 Å². The molecule has 1 heterocycles. The molecule has 0 aliphatic carbocycles. The van der Waals surface area contributed by atoms with Crippen molar-refractivity contribution >= 4 is 23.3 Å². The summed E-state index contributed by atoms with van der Waals surface area (Å²) in [6.07, 6.45) is 1.66. The average molecular weight is 247 g/mol. The van der Waals surface area contributed by atoms with Crippen molar-refractivity contribution in [2.75, 3.05) is 0 Å². The van der Waals surface area contributed by atoms with Crippen molar-refractivity contribution in [1.29, 1.82) is 0 Å². The van der Waals surface area contributed by atoms with E-state index in [4.69, 9.17) is 5.73 Å². The number of urea groups is 1. The van der Waals surface area contributed by atoms with Gasteiger partial charge < -0.3 is 5.73 Å². The van der Waals surface area contributed by atoms with Gasteiger partial charge >= 0.3 is 6.03 Å². The number of imide groups is 1. The summed E-state index contributed by atoms with van der Waals surface area (Å²) in [6.45, 7) is 0. The molecule has 0 saturated heterocycles. The number of nitrogens with zero attached hydrogens (tertiary/aromatic N) is 1. The maximum atomic E-state index is 11.7. The molecule has 0 saturated carbocycles. The van der Waals surface area contributed by atoms with Crippen molar-refractivity contribution in [2.24, 2.45) is 5.73 Å². The molecule has 0 aliphatic heterocycles. The van der Waals surface area contributed by atoms with Crippen molar-refractivity contribution < 1.29 is 9.59 Å². The molecule has 2 aromatic rings. The molecule has 0 radical (unpaired) electrons. The van der Waals surface area contributed by atoms with Crippen molar-refractivity contribution in [1.82, 2.24) is 10.3 Å². The number of aromatic nitrogens is 1. The minimum atomic E-state index is -0.871. The quantitative estimate of drug-likeness (QED) is 0.845. The Morgan fingerprint density at radius 3 is 2.71 bits per heavy atom. The number of hydrogen-bond donors (Lipinski definition) is 2. The van der Waals surface area contributed by atoms with E-state index in [2.05, 4.69) is 4.98 Å². The summed E-state index contributed by atoms with van der Waals surface area (Å²) in [4.78, 5) is 26.5. The van der Waals surface area contributed by atoms with Crippen LogP contribution in [-0.4, -0.2) is 16.9 Å². The van der Waals surface area contributed by atoms with Crippen LogP contribution >= 0.6 is 11.3 Å². The Balaban J connectivity index is 2.41. The maximum Gasteiger partial charge on any atom is 0.319 e. The fourth-order valence-corrected chi connectivity index (χ4v) is 2.08. The highest BCUT2D eigenvalue weighted by atomic mass is 32.1.